The third kappa shape index (κ3) is 5.95. The van der Waals surface area contributed by atoms with Gasteiger partial charge >= 0.3 is 5.97 Å². The van der Waals surface area contributed by atoms with Crippen LogP contribution in [-0.2, 0) is 14.4 Å². The SMILES string of the molecule is CCC1CCCCN1C(=O)CSCC(NC(C)=O)C(=O)O. The van der Waals surface area contributed by atoms with Crippen molar-refractivity contribution in [1.82, 2.24) is 10.2 Å². The van der Waals surface area contributed by atoms with Crippen molar-refractivity contribution in [2.24, 2.45) is 0 Å². The predicted molar refractivity (Wildman–Crippen MR) is 82.2 cm³/mol. The molecule has 1 heterocycles. The lowest BCUT2D eigenvalue weighted by molar-refractivity contribution is -0.140. The third-order valence-electron chi connectivity index (χ3n) is 3.60. The first-order chi connectivity index (χ1) is 9.95. The molecule has 1 aliphatic heterocycles. The largest absolute Gasteiger partial charge is 0.480 e. The number of hydrogen-bond acceptors (Lipinski definition) is 4. The predicted octanol–water partition coefficient (Wildman–Crippen LogP) is 1.10. The zero-order valence-corrected chi connectivity index (χ0v) is 13.4. The number of carbonyl (C=O) groups excluding carboxylic acids is 2. The molecule has 0 saturated carbocycles. The Hall–Kier alpha value is -1.24. The molecule has 0 radical (unpaired) electrons. The molecule has 7 heteroatoms. The van der Waals surface area contributed by atoms with Gasteiger partial charge in [-0.05, 0) is 25.7 Å². The molecule has 0 aliphatic carbocycles. The molecule has 1 fully saturated rings. The van der Waals surface area contributed by atoms with Gasteiger partial charge in [-0.15, -0.1) is 11.8 Å². The van der Waals surface area contributed by atoms with Crippen LogP contribution in [0.25, 0.3) is 0 Å². The molecule has 0 spiro atoms. The Morgan fingerprint density at radius 3 is 2.67 bits per heavy atom. The normalized spacial score (nSPS) is 19.9. The van der Waals surface area contributed by atoms with E-state index in [1.807, 2.05) is 4.90 Å². The molecule has 6 nitrogen and oxygen atoms in total. The molecule has 2 atom stereocenters. The minimum Gasteiger partial charge on any atom is -0.480 e. The fourth-order valence-electron chi connectivity index (χ4n) is 2.52. The molecule has 2 amide bonds. The number of nitrogens with zero attached hydrogens (tertiary/aromatic N) is 1. The van der Waals surface area contributed by atoms with Gasteiger partial charge in [0.05, 0.1) is 5.75 Å². The highest BCUT2D eigenvalue weighted by Gasteiger charge is 2.25. The Kier molecular flexibility index (Phi) is 7.56. The summed E-state index contributed by atoms with van der Waals surface area (Å²) in [5, 5.41) is 11.4. The molecule has 1 aliphatic rings. The summed E-state index contributed by atoms with van der Waals surface area (Å²) >= 11 is 1.26. The molecule has 0 aromatic heterocycles. The monoisotopic (exact) mass is 316 g/mol. The number of rotatable bonds is 7. The van der Waals surface area contributed by atoms with Crippen molar-refractivity contribution in [1.29, 1.82) is 0 Å². The molecule has 1 rings (SSSR count). The van der Waals surface area contributed by atoms with Crippen LogP contribution in [0.15, 0.2) is 0 Å². The number of carbonyl (C=O) groups is 3. The summed E-state index contributed by atoms with van der Waals surface area (Å²) in [7, 11) is 0. The van der Waals surface area contributed by atoms with E-state index in [2.05, 4.69) is 12.2 Å². The maximum absolute atomic E-state index is 12.2. The average molecular weight is 316 g/mol. The lowest BCUT2D eigenvalue weighted by Gasteiger charge is -2.35. The van der Waals surface area contributed by atoms with Crippen molar-refractivity contribution < 1.29 is 19.5 Å². The minimum atomic E-state index is -1.07. The summed E-state index contributed by atoms with van der Waals surface area (Å²) in [6, 6.07) is -0.624. The van der Waals surface area contributed by atoms with E-state index in [0.717, 1.165) is 25.8 Å². The van der Waals surface area contributed by atoms with Crippen LogP contribution in [0.1, 0.15) is 39.5 Å². The van der Waals surface area contributed by atoms with Crippen LogP contribution in [0.5, 0.6) is 0 Å². The number of likely N-dealkylation sites (tertiary alicyclic amines) is 1. The van der Waals surface area contributed by atoms with Crippen LogP contribution in [0, 0.1) is 0 Å². The van der Waals surface area contributed by atoms with E-state index in [9.17, 15) is 14.4 Å². The fourth-order valence-corrected chi connectivity index (χ4v) is 3.44. The first-order valence-corrected chi connectivity index (χ1v) is 8.48. The highest BCUT2D eigenvalue weighted by molar-refractivity contribution is 8.00. The van der Waals surface area contributed by atoms with Crippen LogP contribution in [-0.4, -0.2) is 57.9 Å². The maximum atomic E-state index is 12.2. The van der Waals surface area contributed by atoms with E-state index < -0.39 is 12.0 Å². The molecule has 0 bridgehead atoms. The zero-order chi connectivity index (χ0) is 15.8. The van der Waals surface area contributed by atoms with E-state index in [1.165, 1.54) is 25.1 Å². The van der Waals surface area contributed by atoms with Gasteiger partial charge in [0.2, 0.25) is 11.8 Å². The highest BCUT2D eigenvalue weighted by atomic mass is 32.2. The Morgan fingerprint density at radius 2 is 2.10 bits per heavy atom. The van der Waals surface area contributed by atoms with Crippen LogP contribution in [0.2, 0.25) is 0 Å². The number of piperidine rings is 1. The number of amides is 2. The maximum Gasteiger partial charge on any atom is 0.327 e. The zero-order valence-electron chi connectivity index (χ0n) is 12.6. The van der Waals surface area contributed by atoms with Crippen molar-refractivity contribution in [2.75, 3.05) is 18.1 Å². The van der Waals surface area contributed by atoms with Crippen LogP contribution >= 0.6 is 11.8 Å². The van der Waals surface area contributed by atoms with Crippen molar-refractivity contribution in [3.05, 3.63) is 0 Å². The number of aliphatic carboxylic acids is 1. The summed E-state index contributed by atoms with van der Waals surface area (Å²) in [5.41, 5.74) is 0. The van der Waals surface area contributed by atoms with Gasteiger partial charge in [0.15, 0.2) is 0 Å². The second-order valence-corrected chi connectivity index (χ2v) is 6.28. The average Bonchev–Trinajstić information content (AvgIpc) is 2.45. The second-order valence-electron chi connectivity index (χ2n) is 5.25. The van der Waals surface area contributed by atoms with Gasteiger partial charge in [-0.3, -0.25) is 9.59 Å². The van der Waals surface area contributed by atoms with Crippen LogP contribution < -0.4 is 5.32 Å². The van der Waals surface area contributed by atoms with Crippen molar-refractivity contribution >= 4 is 29.5 Å². The van der Waals surface area contributed by atoms with Gasteiger partial charge in [0, 0.05) is 25.3 Å². The van der Waals surface area contributed by atoms with Gasteiger partial charge in [0.25, 0.3) is 0 Å². The lowest BCUT2D eigenvalue weighted by Crippen LogP contribution is -2.45. The standard InChI is InChI=1S/C14H24N2O4S/c1-3-11-6-4-5-7-16(11)13(18)9-21-8-12(14(19)20)15-10(2)17/h11-12H,3-9H2,1-2H3,(H,15,17)(H,19,20). The first kappa shape index (κ1) is 17.8. The van der Waals surface area contributed by atoms with Crippen molar-refractivity contribution in [3.8, 4) is 0 Å². The first-order valence-electron chi connectivity index (χ1n) is 7.32. The number of carboxylic acids is 1. The van der Waals surface area contributed by atoms with Crippen LogP contribution in [0.3, 0.4) is 0 Å². The number of nitrogens with one attached hydrogen (secondary N) is 1. The molecule has 2 unspecified atom stereocenters. The van der Waals surface area contributed by atoms with E-state index in [4.69, 9.17) is 5.11 Å². The van der Waals surface area contributed by atoms with E-state index >= 15 is 0 Å². The van der Waals surface area contributed by atoms with Gasteiger partial charge in [-0.2, -0.15) is 0 Å². The Balaban J connectivity index is 2.40. The minimum absolute atomic E-state index is 0.0681. The van der Waals surface area contributed by atoms with Crippen molar-refractivity contribution in [3.63, 3.8) is 0 Å². The molecular formula is C14H24N2O4S. The Morgan fingerprint density at radius 1 is 1.38 bits per heavy atom. The molecule has 1 saturated heterocycles. The number of hydrogen-bond donors (Lipinski definition) is 2. The number of carboxylic acid groups (broad SMARTS) is 1. The van der Waals surface area contributed by atoms with E-state index in [-0.39, 0.29) is 23.3 Å². The van der Waals surface area contributed by atoms with Crippen LogP contribution in [0.4, 0.5) is 0 Å². The summed E-state index contributed by atoms with van der Waals surface area (Å²) in [6.07, 6.45) is 4.21. The van der Waals surface area contributed by atoms with Crippen molar-refractivity contribution in [2.45, 2.75) is 51.6 Å². The number of thioether (sulfide) groups is 1. The molecule has 120 valence electrons. The smallest absolute Gasteiger partial charge is 0.327 e. The molecule has 0 aromatic carbocycles. The summed E-state index contributed by atoms with van der Waals surface area (Å²) in [5.74, 6) is -0.921. The van der Waals surface area contributed by atoms with E-state index in [1.54, 1.807) is 0 Å². The van der Waals surface area contributed by atoms with Gasteiger partial charge < -0.3 is 15.3 Å². The second kappa shape index (κ2) is 8.92. The lowest BCUT2D eigenvalue weighted by atomic mass is 10.0. The summed E-state index contributed by atoms with van der Waals surface area (Å²) in [6.45, 7) is 4.16. The quantitative estimate of drug-likeness (QED) is 0.734. The highest BCUT2D eigenvalue weighted by Crippen LogP contribution is 2.20. The third-order valence-corrected chi connectivity index (χ3v) is 4.62. The van der Waals surface area contributed by atoms with Gasteiger partial charge in [-0.1, -0.05) is 6.92 Å². The molecule has 2 N–H and O–H groups in total. The van der Waals surface area contributed by atoms with Gasteiger partial charge in [0.1, 0.15) is 6.04 Å². The summed E-state index contributed by atoms with van der Waals surface area (Å²) in [4.78, 5) is 36.0. The Labute approximate surface area is 129 Å². The summed E-state index contributed by atoms with van der Waals surface area (Å²) < 4.78 is 0. The van der Waals surface area contributed by atoms with Gasteiger partial charge in [-0.25, -0.2) is 4.79 Å². The Bertz CT molecular complexity index is 389. The molecule has 0 aromatic rings. The fraction of sp³-hybridized carbons (Fsp3) is 0.786. The van der Waals surface area contributed by atoms with E-state index in [0.29, 0.717) is 6.04 Å². The molecule has 21 heavy (non-hydrogen) atoms. The molecular weight excluding hydrogens is 292 g/mol. The topological polar surface area (TPSA) is 86.7 Å².